The van der Waals surface area contributed by atoms with Crippen molar-refractivity contribution < 1.29 is 36.3 Å². The van der Waals surface area contributed by atoms with E-state index in [0.717, 1.165) is 11.8 Å². The molecule has 12 heteroatoms. The van der Waals surface area contributed by atoms with E-state index in [0.29, 0.717) is 24.2 Å². The molecule has 3 rings (SSSR count). The van der Waals surface area contributed by atoms with Crippen molar-refractivity contribution in [2.75, 3.05) is 15.9 Å². The molecule has 2 heterocycles. The number of alkyl halides is 3. The molecule has 2 aromatic rings. The monoisotopic (exact) mass is 445 g/mol. The van der Waals surface area contributed by atoms with E-state index >= 15 is 0 Å². The highest BCUT2D eigenvalue weighted by Crippen LogP contribution is 2.33. The number of hydrogen-bond donors (Lipinski definition) is 2. The van der Waals surface area contributed by atoms with Crippen LogP contribution in [0, 0.1) is 0 Å². The molecule has 1 aliphatic heterocycles. The Balaban J connectivity index is 0.000000396. The number of carbonyl (C=O) groups is 2. The molecule has 2 N–H and O–H groups in total. The van der Waals surface area contributed by atoms with Crippen LogP contribution >= 0.6 is 0 Å². The minimum Gasteiger partial charge on any atom is -0.475 e. The first-order chi connectivity index (χ1) is 13.9. The van der Waals surface area contributed by atoms with Gasteiger partial charge in [0.25, 0.3) is 0 Å². The summed E-state index contributed by atoms with van der Waals surface area (Å²) in [6.45, 7) is 0. The van der Waals surface area contributed by atoms with E-state index in [1.165, 1.54) is 4.31 Å². The number of anilines is 2. The van der Waals surface area contributed by atoms with Crippen LogP contribution < -0.4 is 9.62 Å². The van der Waals surface area contributed by atoms with Crippen molar-refractivity contribution in [3.8, 4) is 0 Å². The zero-order valence-corrected chi connectivity index (χ0v) is 16.4. The molecule has 162 valence electrons. The molecule has 8 nitrogen and oxygen atoms in total. The minimum absolute atomic E-state index is 0.337. The van der Waals surface area contributed by atoms with Crippen molar-refractivity contribution in [3.05, 3.63) is 54.4 Å². The van der Waals surface area contributed by atoms with Gasteiger partial charge in [0.05, 0.1) is 11.9 Å². The Morgan fingerprint density at radius 2 is 1.73 bits per heavy atom. The lowest BCUT2D eigenvalue weighted by Crippen LogP contribution is -2.49. The maximum atomic E-state index is 12.6. The Hall–Kier alpha value is -3.15. The number of rotatable bonds is 3. The number of carbonyl (C=O) groups excluding carboxylic acids is 1. The number of sulfonamides is 1. The van der Waals surface area contributed by atoms with Crippen molar-refractivity contribution in [3.63, 3.8) is 0 Å². The maximum Gasteiger partial charge on any atom is 0.490 e. The van der Waals surface area contributed by atoms with Crippen molar-refractivity contribution in [1.82, 2.24) is 4.98 Å². The Labute approximate surface area is 170 Å². The minimum atomic E-state index is -5.08. The van der Waals surface area contributed by atoms with Gasteiger partial charge >= 0.3 is 12.1 Å². The molecular formula is C18H18F3N3O5S. The molecule has 1 aromatic heterocycles. The lowest BCUT2D eigenvalue weighted by molar-refractivity contribution is -0.192. The summed E-state index contributed by atoms with van der Waals surface area (Å²) in [6.07, 6.45) is 0.291. The van der Waals surface area contributed by atoms with Gasteiger partial charge < -0.3 is 10.4 Å². The van der Waals surface area contributed by atoms with Crippen LogP contribution in [0.5, 0.6) is 0 Å². The fourth-order valence-corrected chi connectivity index (χ4v) is 4.02. The molecule has 0 saturated heterocycles. The van der Waals surface area contributed by atoms with E-state index in [1.54, 1.807) is 36.7 Å². The Kier molecular flexibility index (Phi) is 7.03. The topological polar surface area (TPSA) is 117 Å². The van der Waals surface area contributed by atoms with Gasteiger partial charge in [-0.1, -0.05) is 18.2 Å². The fraction of sp³-hybridized carbons (Fsp3) is 0.278. The number of carboxylic acid groups (broad SMARTS) is 1. The second kappa shape index (κ2) is 9.11. The molecular weight excluding hydrogens is 427 g/mol. The third-order valence-electron chi connectivity index (χ3n) is 4.05. The van der Waals surface area contributed by atoms with Crippen LogP contribution in [0.25, 0.3) is 0 Å². The lowest BCUT2D eigenvalue weighted by Gasteiger charge is -2.35. The van der Waals surface area contributed by atoms with E-state index in [2.05, 4.69) is 10.3 Å². The third-order valence-corrected chi connectivity index (χ3v) is 5.22. The predicted molar refractivity (Wildman–Crippen MR) is 102 cm³/mol. The van der Waals surface area contributed by atoms with Gasteiger partial charge in [-0.3, -0.25) is 14.1 Å². The van der Waals surface area contributed by atoms with Gasteiger partial charge in [0.2, 0.25) is 15.9 Å². The number of halogens is 3. The standard InChI is InChI=1S/C16H17N3O3S.C2HF3O2/c1-23(21,22)19-14-5-3-2-4-12(14)6-7-15(19)16(20)18-13-8-10-17-11-9-13;3-2(4,5)1(6)7/h2-5,8-11,15H,6-7H2,1H3,(H,17,18,20);(H,6,7). The Bertz CT molecular complexity index is 1010. The van der Waals surface area contributed by atoms with Gasteiger partial charge in [0.15, 0.2) is 0 Å². The number of benzene rings is 1. The molecule has 0 fully saturated rings. The molecule has 30 heavy (non-hydrogen) atoms. The van der Waals surface area contributed by atoms with Crippen LogP contribution in [0.3, 0.4) is 0 Å². The third kappa shape index (κ3) is 5.92. The van der Waals surface area contributed by atoms with Gasteiger partial charge in [-0.25, -0.2) is 13.2 Å². The van der Waals surface area contributed by atoms with E-state index < -0.39 is 28.2 Å². The smallest absolute Gasteiger partial charge is 0.475 e. The number of nitrogens with one attached hydrogen (secondary N) is 1. The fourth-order valence-electron chi connectivity index (χ4n) is 2.82. The summed E-state index contributed by atoms with van der Waals surface area (Å²) >= 11 is 0. The van der Waals surface area contributed by atoms with Crippen molar-refractivity contribution >= 4 is 33.3 Å². The quantitative estimate of drug-likeness (QED) is 0.750. The summed E-state index contributed by atoms with van der Waals surface area (Å²) in [6, 6.07) is 9.86. The average Bonchev–Trinajstić information content (AvgIpc) is 2.66. The zero-order valence-electron chi connectivity index (χ0n) is 15.6. The van der Waals surface area contributed by atoms with Gasteiger partial charge in [-0.15, -0.1) is 0 Å². The van der Waals surface area contributed by atoms with Gasteiger partial charge in [-0.2, -0.15) is 13.2 Å². The Morgan fingerprint density at radius 3 is 2.27 bits per heavy atom. The second-order valence-corrected chi connectivity index (χ2v) is 8.13. The number of aliphatic carboxylic acids is 1. The SMILES string of the molecule is CS(=O)(=O)N1c2ccccc2CCC1C(=O)Nc1ccncc1.O=C(O)C(F)(F)F. The van der Waals surface area contributed by atoms with E-state index in [9.17, 15) is 26.4 Å². The van der Waals surface area contributed by atoms with Crippen molar-refractivity contribution in [2.45, 2.75) is 25.1 Å². The summed E-state index contributed by atoms with van der Waals surface area (Å²) in [5.41, 5.74) is 2.11. The predicted octanol–water partition coefficient (Wildman–Crippen LogP) is 2.43. The number of nitrogens with zero attached hydrogens (tertiary/aromatic N) is 2. The summed E-state index contributed by atoms with van der Waals surface area (Å²) in [4.78, 5) is 25.4. The first-order valence-electron chi connectivity index (χ1n) is 8.49. The molecule has 0 radical (unpaired) electrons. The van der Waals surface area contributed by atoms with Crippen molar-refractivity contribution in [2.24, 2.45) is 0 Å². The molecule has 1 amide bonds. The van der Waals surface area contributed by atoms with E-state index in [4.69, 9.17) is 9.90 Å². The van der Waals surface area contributed by atoms with Crippen LogP contribution in [-0.4, -0.2) is 48.9 Å². The van der Waals surface area contributed by atoms with E-state index in [1.807, 2.05) is 12.1 Å². The van der Waals surface area contributed by atoms with Crippen LogP contribution in [-0.2, 0) is 26.0 Å². The van der Waals surface area contributed by atoms with Crippen LogP contribution in [0.15, 0.2) is 48.8 Å². The highest BCUT2D eigenvalue weighted by atomic mass is 32.2. The molecule has 1 unspecified atom stereocenters. The second-order valence-electron chi connectivity index (χ2n) is 6.27. The Morgan fingerprint density at radius 1 is 1.17 bits per heavy atom. The number of amides is 1. The van der Waals surface area contributed by atoms with Crippen molar-refractivity contribution in [1.29, 1.82) is 0 Å². The lowest BCUT2D eigenvalue weighted by atomic mass is 9.97. The molecule has 1 aromatic carbocycles. The normalized spacial score (nSPS) is 16.0. The van der Waals surface area contributed by atoms with Crippen LogP contribution in [0.2, 0.25) is 0 Å². The highest BCUT2D eigenvalue weighted by molar-refractivity contribution is 7.92. The van der Waals surface area contributed by atoms with Gasteiger partial charge in [0.1, 0.15) is 6.04 Å². The molecule has 0 aliphatic carbocycles. The van der Waals surface area contributed by atoms with Crippen LogP contribution in [0.1, 0.15) is 12.0 Å². The summed E-state index contributed by atoms with van der Waals surface area (Å²) in [5.74, 6) is -3.09. The first-order valence-corrected chi connectivity index (χ1v) is 10.3. The number of pyridine rings is 1. The summed E-state index contributed by atoms with van der Waals surface area (Å²) < 4.78 is 57.5. The van der Waals surface area contributed by atoms with Gasteiger partial charge in [-0.05, 0) is 36.6 Å². The van der Waals surface area contributed by atoms with Gasteiger partial charge in [0, 0.05) is 18.1 Å². The largest absolute Gasteiger partial charge is 0.490 e. The van der Waals surface area contributed by atoms with Crippen LogP contribution in [0.4, 0.5) is 24.5 Å². The van der Waals surface area contributed by atoms with E-state index in [-0.39, 0.29) is 5.91 Å². The summed E-state index contributed by atoms with van der Waals surface area (Å²) in [7, 11) is -3.57. The molecule has 1 aliphatic rings. The number of fused-ring (bicyclic) bond motifs is 1. The highest BCUT2D eigenvalue weighted by Gasteiger charge is 2.38. The molecule has 0 spiro atoms. The molecule has 1 atom stereocenters. The number of para-hydroxylation sites is 1. The number of aromatic nitrogens is 1. The number of aryl methyl sites for hydroxylation is 1. The summed E-state index contributed by atoms with van der Waals surface area (Å²) in [5, 5.41) is 9.88. The molecule has 0 bridgehead atoms. The first kappa shape index (κ1) is 23.1. The molecule has 0 saturated carbocycles. The number of hydrogen-bond acceptors (Lipinski definition) is 5. The number of carboxylic acids is 1. The maximum absolute atomic E-state index is 12.6. The average molecular weight is 445 g/mol. The zero-order chi connectivity index (χ0) is 22.5.